The molecule has 12 nitrogen and oxygen atoms in total. The first-order valence-electron chi connectivity index (χ1n) is 13.7. The maximum absolute atomic E-state index is 12.4. The Kier molecular flexibility index (Phi) is 12.2. The second-order valence-electron chi connectivity index (χ2n) is 9.40. The van der Waals surface area contributed by atoms with Gasteiger partial charge in [-0.25, -0.2) is 9.97 Å². The van der Waals surface area contributed by atoms with Gasteiger partial charge in [-0.3, -0.25) is 8.86 Å². The van der Waals surface area contributed by atoms with Gasteiger partial charge in [-0.15, -0.1) is 13.2 Å². The minimum Gasteiger partial charge on any atom is -0.406 e. The van der Waals surface area contributed by atoms with Crippen LogP contribution in [-0.2, 0) is 35.1 Å². The number of aromatic nitrogens is 4. The number of nitrogens with zero attached hydrogens (tertiary/aromatic N) is 4. The molecule has 0 saturated carbocycles. The summed E-state index contributed by atoms with van der Waals surface area (Å²) in [7, 11) is -3.81. The summed E-state index contributed by atoms with van der Waals surface area (Å²) in [5.41, 5.74) is 2.83. The van der Waals surface area contributed by atoms with Gasteiger partial charge >= 0.3 is 6.36 Å². The lowest BCUT2D eigenvalue weighted by Crippen LogP contribution is -2.16. The number of halogens is 3. The van der Waals surface area contributed by atoms with E-state index in [4.69, 9.17) is 18.4 Å². The number of rotatable bonds is 18. The van der Waals surface area contributed by atoms with E-state index in [-0.39, 0.29) is 30.5 Å². The number of aryl methyl sites for hydroxylation is 1. The lowest BCUT2D eigenvalue weighted by Gasteiger charge is -2.10. The quantitative estimate of drug-likeness (QED) is 0.118. The number of alkyl halides is 3. The van der Waals surface area contributed by atoms with Crippen LogP contribution in [0.5, 0.6) is 5.75 Å². The van der Waals surface area contributed by atoms with Gasteiger partial charge in [0.25, 0.3) is 10.1 Å². The summed E-state index contributed by atoms with van der Waals surface area (Å²) < 4.78 is 88.2. The van der Waals surface area contributed by atoms with Gasteiger partial charge in [0.15, 0.2) is 0 Å². The van der Waals surface area contributed by atoms with Crippen molar-refractivity contribution in [2.45, 2.75) is 24.7 Å². The van der Waals surface area contributed by atoms with Gasteiger partial charge < -0.3 is 24.3 Å². The number of anilines is 2. The Hall–Kier alpha value is -4.09. The molecule has 0 fully saturated rings. The third-order valence-electron chi connectivity index (χ3n) is 5.94. The van der Waals surface area contributed by atoms with Crippen LogP contribution in [0.4, 0.5) is 24.7 Å². The smallest absolute Gasteiger partial charge is 0.406 e. The highest BCUT2D eigenvalue weighted by atomic mass is 32.2. The molecule has 2 heterocycles. The molecule has 0 spiro atoms. The molecule has 0 aliphatic rings. The van der Waals surface area contributed by atoms with Gasteiger partial charge in [0, 0.05) is 23.5 Å². The number of hydrogen-bond acceptors (Lipinski definition) is 11. The van der Waals surface area contributed by atoms with Crippen LogP contribution in [-0.4, -0.2) is 80.8 Å². The maximum Gasteiger partial charge on any atom is 0.573 e. The molecule has 0 saturated heterocycles. The van der Waals surface area contributed by atoms with Crippen molar-refractivity contribution in [1.82, 2.24) is 19.7 Å². The van der Waals surface area contributed by atoms with Crippen LogP contribution in [0.15, 0.2) is 78.2 Å². The third-order valence-corrected chi connectivity index (χ3v) is 7.27. The van der Waals surface area contributed by atoms with E-state index in [9.17, 15) is 21.6 Å². The van der Waals surface area contributed by atoms with Crippen LogP contribution in [0, 0.1) is 6.92 Å². The highest BCUT2D eigenvalue weighted by molar-refractivity contribution is 7.86. The van der Waals surface area contributed by atoms with Gasteiger partial charge in [0.2, 0.25) is 0 Å². The number of ether oxygens (including phenoxy) is 4. The molecule has 1 N–H and O–H groups in total. The summed E-state index contributed by atoms with van der Waals surface area (Å²) in [6, 6.07) is 13.4. The van der Waals surface area contributed by atoms with Crippen LogP contribution < -0.4 is 10.1 Å². The Morgan fingerprint density at radius 1 is 0.844 bits per heavy atom. The molecule has 16 heteroatoms. The Labute approximate surface area is 258 Å². The van der Waals surface area contributed by atoms with E-state index in [1.807, 2.05) is 13.1 Å². The zero-order chi connectivity index (χ0) is 32.1. The minimum absolute atomic E-state index is 0.0920. The van der Waals surface area contributed by atoms with Gasteiger partial charge in [0.05, 0.1) is 69.6 Å². The topological polar surface area (TPSA) is 136 Å². The van der Waals surface area contributed by atoms with Crippen LogP contribution in [0.25, 0.3) is 11.3 Å². The van der Waals surface area contributed by atoms with Crippen molar-refractivity contribution in [2.75, 3.05) is 51.6 Å². The normalized spacial score (nSPS) is 11.9. The maximum atomic E-state index is 12.4. The molecule has 2 aromatic carbocycles. The Balaban J connectivity index is 1.06. The number of nitrogens with one attached hydrogen (secondary N) is 1. The van der Waals surface area contributed by atoms with Crippen LogP contribution in [0.2, 0.25) is 0 Å². The molecule has 0 bridgehead atoms. The van der Waals surface area contributed by atoms with Gasteiger partial charge in [0.1, 0.15) is 17.9 Å². The van der Waals surface area contributed by atoms with E-state index < -0.39 is 16.5 Å². The summed E-state index contributed by atoms with van der Waals surface area (Å²) in [6.07, 6.45) is 0.0778. The van der Waals surface area contributed by atoms with Crippen LogP contribution in [0.1, 0.15) is 5.56 Å². The largest absolute Gasteiger partial charge is 0.573 e. The fraction of sp³-hybridized carbons (Fsp3) is 0.345. The summed E-state index contributed by atoms with van der Waals surface area (Å²) in [5, 5.41) is 7.33. The highest BCUT2D eigenvalue weighted by Crippen LogP contribution is 2.26. The first-order valence-corrected chi connectivity index (χ1v) is 15.2. The molecule has 2 aromatic heterocycles. The van der Waals surface area contributed by atoms with E-state index in [0.717, 1.165) is 11.1 Å². The SMILES string of the molecule is Cc1ccc(S(=O)(=O)OCCOCCOCCOCCn2cc(-c3cc(Nc4ccc(OC(F)(F)F)cc4)ncn3)cn2)cc1. The summed E-state index contributed by atoms with van der Waals surface area (Å²) in [5.74, 6) is 0.130. The average molecular weight is 652 g/mol. The van der Waals surface area contributed by atoms with Crippen molar-refractivity contribution in [3.63, 3.8) is 0 Å². The lowest BCUT2D eigenvalue weighted by atomic mass is 10.2. The summed E-state index contributed by atoms with van der Waals surface area (Å²) >= 11 is 0. The van der Waals surface area contributed by atoms with Gasteiger partial charge in [-0.2, -0.15) is 13.5 Å². The zero-order valence-electron chi connectivity index (χ0n) is 24.3. The first-order chi connectivity index (χ1) is 21.6. The number of benzene rings is 2. The van der Waals surface area contributed by atoms with Gasteiger partial charge in [-0.05, 0) is 43.3 Å². The molecule has 4 rings (SSSR count). The van der Waals surface area contributed by atoms with E-state index in [0.29, 0.717) is 50.2 Å². The van der Waals surface area contributed by atoms with E-state index in [1.54, 1.807) is 29.1 Å². The second-order valence-corrected chi connectivity index (χ2v) is 11.0. The predicted molar refractivity (Wildman–Crippen MR) is 156 cm³/mol. The molecule has 45 heavy (non-hydrogen) atoms. The van der Waals surface area contributed by atoms with Crippen molar-refractivity contribution in [2.24, 2.45) is 0 Å². The number of hydrogen-bond donors (Lipinski definition) is 1. The Morgan fingerprint density at radius 2 is 1.49 bits per heavy atom. The molecule has 0 aliphatic heterocycles. The van der Waals surface area contributed by atoms with Gasteiger partial charge in [-0.1, -0.05) is 17.7 Å². The average Bonchev–Trinajstić information content (AvgIpc) is 3.47. The molecule has 0 aliphatic carbocycles. The van der Waals surface area contributed by atoms with Crippen LogP contribution >= 0.6 is 0 Å². The van der Waals surface area contributed by atoms with Crippen LogP contribution in [0.3, 0.4) is 0 Å². The molecule has 0 atom stereocenters. The minimum atomic E-state index is -4.75. The third kappa shape index (κ3) is 11.7. The van der Waals surface area contributed by atoms with Crippen molar-refractivity contribution in [3.05, 3.63) is 78.9 Å². The fourth-order valence-electron chi connectivity index (χ4n) is 3.77. The van der Waals surface area contributed by atoms with Crippen molar-refractivity contribution >= 4 is 21.6 Å². The summed E-state index contributed by atoms with van der Waals surface area (Å²) in [4.78, 5) is 8.52. The first kappa shape index (κ1) is 33.8. The zero-order valence-corrected chi connectivity index (χ0v) is 25.1. The standard InChI is InChI=1S/C29H32F3N5O7S/c1-22-2-8-26(9-3-22)45(38,39)43-17-16-42-15-14-41-13-12-40-11-10-37-20-23(19-35-37)27-18-28(34-21-33-27)36-24-4-6-25(7-5-24)44-29(30,31)32/h2-9,18-21H,10-17H2,1H3,(H,33,34,36). The van der Waals surface area contributed by atoms with E-state index >= 15 is 0 Å². The van der Waals surface area contributed by atoms with Crippen molar-refractivity contribution in [1.29, 1.82) is 0 Å². The molecule has 0 unspecified atom stereocenters. The highest BCUT2D eigenvalue weighted by Gasteiger charge is 2.31. The molecular formula is C29H32F3N5O7S. The Morgan fingerprint density at radius 3 is 2.16 bits per heavy atom. The van der Waals surface area contributed by atoms with E-state index in [1.165, 1.54) is 42.7 Å². The fourth-order valence-corrected chi connectivity index (χ4v) is 4.66. The molecule has 0 radical (unpaired) electrons. The van der Waals surface area contributed by atoms with Crippen molar-refractivity contribution < 1.29 is 44.7 Å². The lowest BCUT2D eigenvalue weighted by molar-refractivity contribution is -0.274. The van der Waals surface area contributed by atoms with Crippen molar-refractivity contribution in [3.8, 4) is 17.0 Å². The second kappa shape index (κ2) is 16.3. The predicted octanol–water partition coefficient (Wildman–Crippen LogP) is 4.75. The Bertz CT molecular complexity index is 1590. The van der Waals surface area contributed by atoms with E-state index in [2.05, 4.69) is 25.1 Å². The monoisotopic (exact) mass is 651 g/mol. The molecule has 0 amide bonds. The molecular weight excluding hydrogens is 619 g/mol. The summed E-state index contributed by atoms with van der Waals surface area (Å²) in [6.45, 7) is 4.13. The molecule has 242 valence electrons. The molecule has 4 aromatic rings.